The summed E-state index contributed by atoms with van der Waals surface area (Å²) in [5.41, 5.74) is 0.456. The molecule has 1 atom stereocenters. The Labute approximate surface area is 188 Å². The molecule has 0 saturated heterocycles. The van der Waals surface area contributed by atoms with Crippen LogP contribution >= 0.6 is 34.7 Å². The van der Waals surface area contributed by atoms with Gasteiger partial charge in [-0.1, -0.05) is 48.2 Å². The minimum Gasteiger partial charge on any atom is -0.383 e. The van der Waals surface area contributed by atoms with Gasteiger partial charge in [0.2, 0.25) is 5.91 Å². The monoisotopic (exact) mass is 473 g/mol. The van der Waals surface area contributed by atoms with Gasteiger partial charge in [-0.3, -0.25) is 9.59 Å². The number of nitrogens with one attached hydrogen (secondary N) is 1. The summed E-state index contributed by atoms with van der Waals surface area (Å²) in [6.07, 6.45) is 3.87. The molecule has 1 saturated carbocycles. The molecule has 1 N–H and O–H groups in total. The zero-order valence-electron chi connectivity index (χ0n) is 16.4. The third-order valence-corrected chi connectivity index (χ3v) is 6.66. The second-order valence-corrected chi connectivity index (χ2v) is 8.81. The summed E-state index contributed by atoms with van der Waals surface area (Å²) >= 11 is 13.0. The van der Waals surface area contributed by atoms with E-state index in [4.69, 9.17) is 27.9 Å². The topological polar surface area (TPSA) is 71.5 Å². The van der Waals surface area contributed by atoms with Crippen molar-refractivity contribution in [3.8, 4) is 0 Å². The van der Waals surface area contributed by atoms with E-state index in [1.807, 2.05) is 0 Å². The number of carbonyl (C=O) groups excluding carboxylic acids is 2. The van der Waals surface area contributed by atoms with E-state index < -0.39 is 17.8 Å². The number of hydrogen-bond acceptors (Lipinski definition) is 5. The fourth-order valence-electron chi connectivity index (χ4n) is 3.53. The van der Waals surface area contributed by atoms with Gasteiger partial charge in [-0.05, 0) is 42.1 Å². The molecule has 1 aromatic carbocycles. The van der Waals surface area contributed by atoms with Gasteiger partial charge < -0.3 is 15.0 Å². The molecule has 1 aliphatic rings. The summed E-state index contributed by atoms with van der Waals surface area (Å²) in [6, 6.07) is 4.57. The maximum Gasteiger partial charge on any atom is 0.276 e. The highest BCUT2D eigenvalue weighted by atomic mass is 35.5. The Morgan fingerprint density at radius 1 is 1.30 bits per heavy atom. The molecule has 1 fully saturated rings. The first-order chi connectivity index (χ1) is 14.4. The predicted molar refractivity (Wildman–Crippen MR) is 115 cm³/mol. The minimum absolute atomic E-state index is 0.0245. The number of methoxy groups -OCH3 is 1. The maximum absolute atomic E-state index is 13.5. The highest BCUT2D eigenvalue weighted by Gasteiger charge is 2.35. The highest BCUT2D eigenvalue weighted by Crippen LogP contribution is 2.32. The Kier molecular flexibility index (Phi) is 8.05. The zero-order valence-corrected chi connectivity index (χ0v) is 18.7. The summed E-state index contributed by atoms with van der Waals surface area (Å²) in [4.78, 5) is 28.0. The van der Waals surface area contributed by atoms with Crippen LogP contribution in [0.1, 0.15) is 47.8 Å². The van der Waals surface area contributed by atoms with Crippen LogP contribution in [0.4, 0.5) is 4.39 Å². The van der Waals surface area contributed by atoms with Crippen LogP contribution in [0.15, 0.2) is 24.3 Å². The Hall–Kier alpha value is -1.74. The van der Waals surface area contributed by atoms with Crippen molar-refractivity contribution in [1.82, 2.24) is 14.6 Å². The quantitative estimate of drug-likeness (QED) is 0.613. The molecule has 6 nitrogen and oxygen atoms in total. The second kappa shape index (κ2) is 10.5. The summed E-state index contributed by atoms with van der Waals surface area (Å²) in [7, 11) is 1.50. The molecule has 162 valence electrons. The maximum atomic E-state index is 13.5. The summed E-state index contributed by atoms with van der Waals surface area (Å²) in [5.74, 6) is -1.32. The summed E-state index contributed by atoms with van der Waals surface area (Å²) < 4.78 is 22.9. The first-order valence-corrected chi connectivity index (χ1v) is 11.1. The molecule has 3 rings (SSSR count). The Bertz CT molecular complexity index is 888. The molecule has 2 aromatic rings. The summed E-state index contributed by atoms with van der Waals surface area (Å²) in [6.45, 7) is 0.302. The fraction of sp³-hybridized carbons (Fsp3) is 0.450. The van der Waals surface area contributed by atoms with Crippen molar-refractivity contribution in [2.45, 2.75) is 37.8 Å². The van der Waals surface area contributed by atoms with E-state index in [0.29, 0.717) is 5.56 Å². The standard InChI is InChI=1S/C20H22Cl2FN3O3S/c1-29-11-10-26(20(28)16-15(21)18(22)30-25-16)17(12-6-8-13(23)9-7-12)19(27)24-14-4-2-3-5-14/h6-9,14,17H,2-5,10-11H2,1H3,(H,24,27). The second-order valence-electron chi connectivity index (χ2n) is 7.05. The number of halogens is 3. The van der Waals surface area contributed by atoms with Gasteiger partial charge in [-0.25, -0.2) is 4.39 Å². The van der Waals surface area contributed by atoms with Gasteiger partial charge in [0, 0.05) is 19.7 Å². The van der Waals surface area contributed by atoms with Crippen molar-refractivity contribution < 1.29 is 18.7 Å². The van der Waals surface area contributed by atoms with Gasteiger partial charge in [0.05, 0.1) is 6.61 Å². The minimum atomic E-state index is -0.995. The SMILES string of the molecule is COCCN(C(=O)c1nsc(Cl)c1Cl)C(C(=O)NC1CCCC1)c1ccc(F)cc1. The Morgan fingerprint density at radius 2 is 1.97 bits per heavy atom. The van der Waals surface area contributed by atoms with Crippen LogP contribution in [0.5, 0.6) is 0 Å². The normalized spacial score (nSPS) is 15.2. The van der Waals surface area contributed by atoms with Gasteiger partial charge in [-0.15, -0.1) is 0 Å². The molecule has 1 aromatic heterocycles. The van der Waals surface area contributed by atoms with Crippen molar-refractivity contribution in [1.29, 1.82) is 0 Å². The van der Waals surface area contributed by atoms with Gasteiger partial charge in [0.25, 0.3) is 5.91 Å². The van der Waals surface area contributed by atoms with Gasteiger partial charge in [0.1, 0.15) is 21.2 Å². The lowest BCUT2D eigenvalue weighted by molar-refractivity contribution is -0.126. The van der Waals surface area contributed by atoms with Crippen LogP contribution in [-0.4, -0.2) is 47.4 Å². The molecule has 30 heavy (non-hydrogen) atoms. The lowest BCUT2D eigenvalue weighted by atomic mass is 10.0. The lowest BCUT2D eigenvalue weighted by Crippen LogP contribution is -2.47. The number of nitrogens with zero attached hydrogens (tertiary/aromatic N) is 2. The van der Waals surface area contributed by atoms with Crippen molar-refractivity contribution in [2.75, 3.05) is 20.3 Å². The number of rotatable bonds is 8. The summed E-state index contributed by atoms with van der Waals surface area (Å²) in [5, 5.41) is 3.08. The molecule has 1 unspecified atom stereocenters. The number of aromatic nitrogens is 1. The number of benzene rings is 1. The van der Waals surface area contributed by atoms with Crippen molar-refractivity contribution in [2.24, 2.45) is 0 Å². The van der Waals surface area contributed by atoms with Crippen LogP contribution in [0, 0.1) is 5.82 Å². The largest absolute Gasteiger partial charge is 0.383 e. The molecule has 1 heterocycles. The van der Waals surface area contributed by atoms with E-state index in [-0.39, 0.29) is 40.2 Å². The first kappa shape index (κ1) is 22.9. The van der Waals surface area contributed by atoms with Gasteiger partial charge in [0.15, 0.2) is 5.69 Å². The molecule has 0 bridgehead atoms. The van der Waals surface area contributed by atoms with E-state index in [2.05, 4.69) is 9.69 Å². The average molecular weight is 474 g/mol. The fourth-order valence-corrected chi connectivity index (χ4v) is 4.52. The van der Waals surface area contributed by atoms with E-state index >= 15 is 0 Å². The first-order valence-electron chi connectivity index (χ1n) is 9.58. The zero-order chi connectivity index (χ0) is 21.7. The number of hydrogen-bond donors (Lipinski definition) is 1. The van der Waals surface area contributed by atoms with Crippen molar-refractivity contribution in [3.63, 3.8) is 0 Å². The predicted octanol–water partition coefficient (Wildman–Crippen LogP) is 4.48. The molecule has 0 spiro atoms. The Morgan fingerprint density at radius 3 is 2.53 bits per heavy atom. The molecule has 10 heteroatoms. The van der Waals surface area contributed by atoms with Crippen LogP contribution in [-0.2, 0) is 9.53 Å². The molecule has 2 amide bonds. The van der Waals surface area contributed by atoms with Crippen LogP contribution in [0.2, 0.25) is 9.36 Å². The number of carbonyl (C=O) groups is 2. The molecule has 0 aliphatic heterocycles. The lowest BCUT2D eigenvalue weighted by Gasteiger charge is -2.31. The van der Waals surface area contributed by atoms with Crippen LogP contribution in [0.3, 0.4) is 0 Å². The third kappa shape index (κ3) is 5.29. The molecular weight excluding hydrogens is 452 g/mol. The van der Waals surface area contributed by atoms with Crippen molar-refractivity contribution in [3.05, 3.63) is 50.7 Å². The number of amides is 2. The van der Waals surface area contributed by atoms with Crippen molar-refractivity contribution >= 4 is 46.5 Å². The van der Waals surface area contributed by atoms with E-state index in [1.54, 1.807) is 0 Å². The smallest absolute Gasteiger partial charge is 0.276 e. The van der Waals surface area contributed by atoms with Crippen LogP contribution < -0.4 is 5.32 Å². The van der Waals surface area contributed by atoms with Crippen LogP contribution in [0.25, 0.3) is 0 Å². The average Bonchev–Trinajstić information content (AvgIpc) is 3.36. The van der Waals surface area contributed by atoms with E-state index in [0.717, 1.165) is 37.2 Å². The van der Waals surface area contributed by atoms with Gasteiger partial charge >= 0.3 is 0 Å². The third-order valence-electron chi connectivity index (χ3n) is 5.04. The number of ether oxygens (including phenoxy) is 1. The van der Waals surface area contributed by atoms with E-state index in [1.165, 1.54) is 36.3 Å². The molecular formula is C20H22Cl2FN3O3S. The molecule has 0 radical (unpaired) electrons. The molecule has 1 aliphatic carbocycles. The van der Waals surface area contributed by atoms with Gasteiger partial charge in [-0.2, -0.15) is 4.37 Å². The highest BCUT2D eigenvalue weighted by molar-refractivity contribution is 7.11. The van der Waals surface area contributed by atoms with E-state index in [9.17, 15) is 14.0 Å². The Balaban J connectivity index is 1.98.